The van der Waals surface area contributed by atoms with Crippen LogP contribution < -0.4 is 5.56 Å². The highest BCUT2D eigenvalue weighted by Gasteiger charge is 2.30. The van der Waals surface area contributed by atoms with Gasteiger partial charge in [0.25, 0.3) is 5.56 Å². The van der Waals surface area contributed by atoms with E-state index in [1.165, 1.54) is 37.0 Å². The summed E-state index contributed by atoms with van der Waals surface area (Å²) in [6.07, 6.45) is 2.63. The number of hydrogen-bond donors (Lipinski definition) is 0. The first-order valence-corrected chi connectivity index (χ1v) is 15.3. The topological polar surface area (TPSA) is 38.1 Å². The molecule has 0 radical (unpaired) electrons. The summed E-state index contributed by atoms with van der Waals surface area (Å²) in [4.78, 5) is 21.5. The average Bonchev–Trinajstić information content (AvgIpc) is 2.97. The van der Waals surface area contributed by atoms with Crippen molar-refractivity contribution in [2.45, 2.75) is 70.5 Å². The Labute approximate surface area is 245 Å². The number of alkyl halides is 3. The van der Waals surface area contributed by atoms with Crippen LogP contribution in [0.3, 0.4) is 0 Å². The van der Waals surface area contributed by atoms with Crippen molar-refractivity contribution >= 4 is 10.9 Å². The van der Waals surface area contributed by atoms with Crippen LogP contribution in [0.15, 0.2) is 71.5 Å². The first-order valence-electron chi connectivity index (χ1n) is 15.3. The molecule has 4 nitrogen and oxygen atoms in total. The molecule has 4 aromatic rings. The smallest absolute Gasteiger partial charge is 0.303 e. The molecule has 1 aliphatic carbocycles. The highest BCUT2D eigenvalue weighted by atomic mass is 19.4. The molecule has 1 unspecified atom stereocenters. The molecule has 1 aliphatic heterocycles. The second kappa shape index (κ2) is 12.0. The van der Waals surface area contributed by atoms with E-state index in [4.69, 9.17) is 4.98 Å². The summed E-state index contributed by atoms with van der Waals surface area (Å²) in [5, 5.41) is 0.608. The number of benzene rings is 3. The number of aryl methyl sites for hydroxylation is 2. The zero-order valence-corrected chi connectivity index (χ0v) is 24.2. The van der Waals surface area contributed by atoms with Gasteiger partial charge in [0.05, 0.1) is 16.5 Å². The molecule has 2 fully saturated rings. The van der Waals surface area contributed by atoms with E-state index in [1.807, 2.05) is 22.8 Å². The van der Waals surface area contributed by atoms with Crippen LogP contribution >= 0.6 is 0 Å². The highest BCUT2D eigenvalue weighted by Crippen LogP contribution is 2.37. The summed E-state index contributed by atoms with van der Waals surface area (Å²) in [7, 11) is 0. The summed E-state index contributed by atoms with van der Waals surface area (Å²) in [5.74, 6) is 1.72. The Morgan fingerprint density at radius 1 is 0.881 bits per heavy atom. The van der Waals surface area contributed by atoms with Gasteiger partial charge in [-0.1, -0.05) is 55.8 Å². The number of aromatic nitrogens is 2. The van der Waals surface area contributed by atoms with Gasteiger partial charge in [-0.15, -0.1) is 0 Å². The molecular weight excluding hydrogens is 535 g/mol. The van der Waals surface area contributed by atoms with E-state index in [-0.39, 0.29) is 5.56 Å². The quantitative estimate of drug-likeness (QED) is 0.215. The van der Waals surface area contributed by atoms with Gasteiger partial charge >= 0.3 is 6.18 Å². The molecule has 2 heterocycles. The molecule has 1 atom stereocenters. The molecule has 7 heteroatoms. The van der Waals surface area contributed by atoms with E-state index < -0.39 is 11.7 Å². The molecule has 0 spiro atoms. The minimum atomic E-state index is -4.36. The fourth-order valence-corrected chi connectivity index (χ4v) is 6.48. The van der Waals surface area contributed by atoms with E-state index >= 15 is 0 Å². The largest absolute Gasteiger partial charge is 0.416 e. The van der Waals surface area contributed by atoms with Crippen molar-refractivity contribution in [1.82, 2.24) is 14.5 Å². The number of halogens is 3. The Balaban J connectivity index is 1.32. The Hall–Kier alpha value is -3.45. The van der Waals surface area contributed by atoms with Crippen molar-refractivity contribution in [3.8, 4) is 11.1 Å². The highest BCUT2D eigenvalue weighted by molar-refractivity contribution is 5.84. The summed E-state index contributed by atoms with van der Waals surface area (Å²) in [6.45, 7) is 5.79. The van der Waals surface area contributed by atoms with Crippen molar-refractivity contribution in [3.63, 3.8) is 0 Å². The maximum atomic E-state index is 14.1. The molecule has 220 valence electrons. The van der Waals surface area contributed by atoms with E-state index in [1.54, 1.807) is 0 Å². The van der Waals surface area contributed by atoms with Crippen LogP contribution in [0.4, 0.5) is 13.2 Å². The standard InChI is InChI=1S/C35H38F3N3O/c1-2-40-20-4-5-25(22-40)23-41-33(19-10-24-8-16-30(17-9-24)35(36,37)38)39-32-18-15-29(21-31(32)34(41)42)28-13-11-27(12-14-28)26-6-3-7-26/h8-9,11-18,21,25-26H,2-7,10,19-20,22-23H2,1H3. The minimum absolute atomic E-state index is 0.0380. The number of hydrogen-bond acceptors (Lipinski definition) is 3. The van der Waals surface area contributed by atoms with Crippen LogP contribution in [0.5, 0.6) is 0 Å². The van der Waals surface area contributed by atoms with E-state index in [2.05, 4.69) is 36.1 Å². The first kappa shape index (κ1) is 28.7. The second-order valence-corrected chi connectivity index (χ2v) is 12.0. The molecule has 6 rings (SSSR count). The predicted octanol–water partition coefficient (Wildman–Crippen LogP) is 7.87. The lowest BCUT2D eigenvalue weighted by molar-refractivity contribution is -0.137. The van der Waals surface area contributed by atoms with Crippen molar-refractivity contribution in [1.29, 1.82) is 0 Å². The molecule has 2 aliphatic rings. The van der Waals surface area contributed by atoms with Gasteiger partial charge in [-0.3, -0.25) is 9.36 Å². The molecule has 0 amide bonds. The Bertz CT molecular complexity index is 1590. The van der Waals surface area contributed by atoms with Crippen molar-refractivity contribution in [2.24, 2.45) is 5.92 Å². The van der Waals surface area contributed by atoms with Crippen LogP contribution in [-0.2, 0) is 25.6 Å². The van der Waals surface area contributed by atoms with Crippen LogP contribution in [0.1, 0.15) is 67.5 Å². The minimum Gasteiger partial charge on any atom is -0.303 e. The molecular formula is C35H38F3N3O. The molecule has 1 saturated carbocycles. The van der Waals surface area contributed by atoms with Gasteiger partial charge in [-0.25, -0.2) is 4.98 Å². The lowest BCUT2D eigenvalue weighted by Gasteiger charge is -2.32. The van der Waals surface area contributed by atoms with Crippen molar-refractivity contribution in [2.75, 3.05) is 19.6 Å². The van der Waals surface area contributed by atoms with E-state index in [9.17, 15) is 18.0 Å². The molecule has 1 saturated heterocycles. The Kier molecular flexibility index (Phi) is 8.22. The van der Waals surface area contributed by atoms with Gasteiger partial charge in [0.15, 0.2) is 0 Å². The molecule has 42 heavy (non-hydrogen) atoms. The van der Waals surface area contributed by atoms with Gasteiger partial charge in [-0.2, -0.15) is 13.2 Å². The van der Waals surface area contributed by atoms with Crippen LogP contribution in [-0.4, -0.2) is 34.1 Å². The second-order valence-electron chi connectivity index (χ2n) is 12.0. The van der Waals surface area contributed by atoms with Gasteiger partial charge in [0.2, 0.25) is 0 Å². The SMILES string of the molecule is CCN1CCCC(Cn2c(CCc3ccc(C(F)(F)F)cc3)nc3ccc(-c4ccc(C5CCC5)cc4)cc3c2=O)C1. The third kappa shape index (κ3) is 6.17. The lowest BCUT2D eigenvalue weighted by atomic mass is 9.80. The lowest BCUT2D eigenvalue weighted by Crippen LogP contribution is -2.39. The summed E-state index contributed by atoms with van der Waals surface area (Å²) in [5.41, 5.74) is 4.23. The van der Waals surface area contributed by atoms with Gasteiger partial charge < -0.3 is 4.90 Å². The summed E-state index contributed by atoms with van der Waals surface area (Å²) in [6, 6.07) is 20.0. The van der Waals surface area contributed by atoms with Crippen LogP contribution in [0.2, 0.25) is 0 Å². The zero-order chi connectivity index (χ0) is 29.3. The van der Waals surface area contributed by atoms with Crippen LogP contribution in [0.25, 0.3) is 22.0 Å². The molecule has 0 N–H and O–H groups in total. The maximum Gasteiger partial charge on any atom is 0.416 e. The summed E-state index contributed by atoms with van der Waals surface area (Å²) < 4.78 is 41.0. The average molecular weight is 574 g/mol. The van der Waals surface area contributed by atoms with Gasteiger partial charge in [-0.05, 0) is 104 Å². The number of rotatable bonds is 8. The van der Waals surface area contributed by atoms with Crippen molar-refractivity contribution in [3.05, 3.63) is 99.6 Å². The van der Waals surface area contributed by atoms with Gasteiger partial charge in [0.1, 0.15) is 5.82 Å². The fraction of sp³-hybridized carbons (Fsp3) is 0.429. The molecule has 0 bridgehead atoms. The zero-order valence-electron chi connectivity index (χ0n) is 24.2. The molecule has 3 aromatic carbocycles. The normalized spacial score (nSPS) is 18.3. The predicted molar refractivity (Wildman–Crippen MR) is 162 cm³/mol. The number of fused-ring (bicyclic) bond motifs is 1. The third-order valence-corrected chi connectivity index (χ3v) is 9.26. The number of nitrogens with zero attached hydrogens (tertiary/aromatic N) is 3. The van der Waals surface area contributed by atoms with E-state index in [0.29, 0.717) is 47.9 Å². The van der Waals surface area contributed by atoms with Crippen LogP contribution in [0, 0.1) is 5.92 Å². The monoisotopic (exact) mass is 573 g/mol. The first-order chi connectivity index (χ1) is 20.3. The van der Waals surface area contributed by atoms with Gasteiger partial charge in [0, 0.05) is 19.5 Å². The maximum absolute atomic E-state index is 14.1. The fourth-order valence-electron chi connectivity index (χ4n) is 6.48. The summed E-state index contributed by atoms with van der Waals surface area (Å²) >= 11 is 0. The third-order valence-electron chi connectivity index (χ3n) is 9.26. The Morgan fingerprint density at radius 2 is 1.62 bits per heavy atom. The van der Waals surface area contributed by atoms with Crippen molar-refractivity contribution < 1.29 is 13.2 Å². The van der Waals surface area contributed by atoms with E-state index in [0.717, 1.165) is 61.3 Å². The Morgan fingerprint density at radius 3 is 2.29 bits per heavy atom. The number of piperidine rings is 1. The number of likely N-dealkylation sites (tertiary alicyclic amines) is 1. The molecule has 1 aromatic heterocycles.